The Morgan fingerprint density at radius 2 is 1.80 bits per heavy atom. The third kappa shape index (κ3) is 4.70. The number of amides is 2. The van der Waals surface area contributed by atoms with Crippen LogP contribution in [0.4, 0.5) is 5.69 Å². The summed E-state index contributed by atoms with van der Waals surface area (Å²) in [4.78, 5) is 34.1. The van der Waals surface area contributed by atoms with E-state index in [2.05, 4.69) is 20.8 Å². The molecule has 4 rings (SSSR count). The van der Waals surface area contributed by atoms with Crippen molar-refractivity contribution in [3.05, 3.63) is 95.8 Å². The Morgan fingerprint density at radius 1 is 1.00 bits per heavy atom. The average molecular weight is 400 g/mol. The number of rotatable bonds is 6. The van der Waals surface area contributed by atoms with E-state index in [1.807, 2.05) is 42.5 Å². The van der Waals surface area contributed by atoms with Gasteiger partial charge >= 0.3 is 0 Å². The van der Waals surface area contributed by atoms with Crippen LogP contribution in [0.2, 0.25) is 0 Å². The summed E-state index contributed by atoms with van der Waals surface area (Å²) >= 11 is 0. The quantitative estimate of drug-likeness (QED) is 0.665. The van der Waals surface area contributed by atoms with Crippen LogP contribution in [0.5, 0.6) is 0 Å². The molecule has 0 saturated carbocycles. The Morgan fingerprint density at radius 3 is 2.53 bits per heavy atom. The maximum Gasteiger partial charge on any atom is 0.268 e. The molecule has 1 atom stereocenters. The highest BCUT2D eigenvalue weighted by atomic mass is 16.6. The van der Waals surface area contributed by atoms with Gasteiger partial charge in [-0.2, -0.15) is 0 Å². The minimum atomic E-state index is -0.700. The van der Waals surface area contributed by atoms with E-state index in [4.69, 9.17) is 4.84 Å². The number of nitrogens with zero attached hydrogens (tertiary/aromatic N) is 2. The number of carbonyl (C=O) groups is 2. The van der Waals surface area contributed by atoms with Crippen molar-refractivity contribution in [2.75, 3.05) is 5.32 Å². The Kier molecular flexibility index (Phi) is 5.80. The average Bonchev–Trinajstić information content (AvgIpc) is 3.30. The van der Waals surface area contributed by atoms with E-state index in [0.717, 1.165) is 11.1 Å². The lowest BCUT2D eigenvalue weighted by molar-refractivity contribution is -0.125. The van der Waals surface area contributed by atoms with E-state index in [1.54, 1.807) is 36.7 Å². The number of hydrogen-bond donors (Lipinski definition) is 2. The lowest BCUT2D eigenvalue weighted by Crippen LogP contribution is -2.28. The van der Waals surface area contributed by atoms with E-state index in [0.29, 0.717) is 29.9 Å². The number of carbonyl (C=O) groups excluding carboxylic acids is 2. The highest BCUT2D eigenvalue weighted by Gasteiger charge is 2.29. The first-order chi connectivity index (χ1) is 14.7. The Hall–Kier alpha value is -4.00. The van der Waals surface area contributed by atoms with Gasteiger partial charge in [-0.3, -0.25) is 14.6 Å². The highest BCUT2D eigenvalue weighted by molar-refractivity contribution is 6.06. The van der Waals surface area contributed by atoms with Crippen molar-refractivity contribution >= 4 is 23.2 Å². The molecule has 2 amide bonds. The van der Waals surface area contributed by atoms with Gasteiger partial charge < -0.3 is 15.5 Å². The van der Waals surface area contributed by atoms with Crippen LogP contribution in [0.1, 0.15) is 27.9 Å². The summed E-state index contributed by atoms with van der Waals surface area (Å²) in [5, 5.41) is 9.67. The summed E-state index contributed by atoms with van der Waals surface area (Å²) in [5.41, 5.74) is 3.65. The van der Waals surface area contributed by atoms with Crippen molar-refractivity contribution in [2.45, 2.75) is 19.1 Å². The standard InChI is InChI=1S/C23H20N4O3/c28-22(25-14-16-5-2-1-3-6-16)17-8-10-19(11-9-17)26-23(29)21-13-20(27-30-21)18-7-4-12-24-15-18/h1-12,15,21H,13-14H2,(H,25,28)(H,26,29). The van der Waals surface area contributed by atoms with Crippen LogP contribution in [0.15, 0.2) is 84.3 Å². The fourth-order valence-electron chi connectivity index (χ4n) is 3.03. The van der Waals surface area contributed by atoms with Gasteiger partial charge in [-0.25, -0.2) is 0 Å². The van der Waals surface area contributed by atoms with E-state index in [1.165, 1.54) is 0 Å². The molecular weight excluding hydrogens is 380 g/mol. The molecule has 0 aliphatic carbocycles. The molecule has 7 nitrogen and oxygen atoms in total. The number of benzene rings is 2. The second-order valence-electron chi connectivity index (χ2n) is 6.81. The van der Waals surface area contributed by atoms with Crippen molar-refractivity contribution in [2.24, 2.45) is 5.16 Å². The molecular formula is C23H20N4O3. The van der Waals surface area contributed by atoms with Gasteiger partial charge in [0.15, 0.2) is 0 Å². The van der Waals surface area contributed by atoms with Crippen LogP contribution in [0, 0.1) is 0 Å². The van der Waals surface area contributed by atoms with Gasteiger partial charge in [0.1, 0.15) is 0 Å². The van der Waals surface area contributed by atoms with Gasteiger partial charge in [0.05, 0.1) is 5.71 Å². The summed E-state index contributed by atoms with van der Waals surface area (Å²) in [6.07, 6.45) is 3.03. The van der Waals surface area contributed by atoms with Crippen molar-refractivity contribution in [1.29, 1.82) is 0 Å². The zero-order valence-corrected chi connectivity index (χ0v) is 16.1. The molecule has 2 N–H and O–H groups in total. The van der Waals surface area contributed by atoms with Gasteiger partial charge in [0, 0.05) is 42.2 Å². The summed E-state index contributed by atoms with van der Waals surface area (Å²) < 4.78 is 0. The predicted molar refractivity (Wildman–Crippen MR) is 113 cm³/mol. The molecule has 0 radical (unpaired) electrons. The van der Waals surface area contributed by atoms with Crippen LogP contribution < -0.4 is 10.6 Å². The van der Waals surface area contributed by atoms with Crippen LogP contribution >= 0.6 is 0 Å². The first kappa shape index (κ1) is 19.3. The van der Waals surface area contributed by atoms with Crippen molar-refractivity contribution in [1.82, 2.24) is 10.3 Å². The van der Waals surface area contributed by atoms with Crippen LogP contribution in [-0.2, 0) is 16.2 Å². The molecule has 3 aromatic rings. The minimum absolute atomic E-state index is 0.176. The minimum Gasteiger partial charge on any atom is -0.382 e. The maximum absolute atomic E-state index is 12.5. The van der Waals surface area contributed by atoms with Gasteiger partial charge in [-0.1, -0.05) is 35.5 Å². The number of anilines is 1. The Bertz CT molecular complexity index is 1050. The summed E-state index contributed by atoms with van der Waals surface area (Å²) in [6.45, 7) is 0.455. The number of pyridine rings is 1. The number of hydrogen-bond acceptors (Lipinski definition) is 5. The second-order valence-corrected chi connectivity index (χ2v) is 6.81. The van der Waals surface area contributed by atoms with Crippen molar-refractivity contribution in [3.63, 3.8) is 0 Å². The molecule has 2 heterocycles. The fraction of sp³-hybridized carbons (Fsp3) is 0.130. The molecule has 0 fully saturated rings. The Balaban J connectivity index is 1.29. The third-order valence-electron chi connectivity index (χ3n) is 4.67. The van der Waals surface area contributed by atoms with E-state index >= 15 is 0 Å². The molecule has 1 aliphatic rings. The number of oxime groups is 1. The molecule has 1 unspecified atom stereocenters. The largest absolute Gasteiger partial charge is 0.382 e. The molecule has 1 aromatic heterocycles. The van der Waals surface area contributed by atoms with E-state index < -0.39 is 6.10 Å². The molecule has 1 aliphatic heterocycles. The van der Waals surface area contributed by atoms with Gasteiger partial charge in [-0.05, 0) is 42.0 Å². The molecule has 30 heavy (non-hydrogen) atoms. The van der Waals surface area contributed by atoms with Crippen molar-refractivity contribution < 1.29 is 14.4 Å². The van der Waals surface area contributed by atoms with Gasteiger partial charge in [0.25, 0.3) is 11.8 Å². The molecule has 0 saturated heterocycles. The summed E-state index contributed by atoms with van der Waals surface area (Å²) in [5.74, 6) is -0.468. The summed E-state index contributed by atoms with van der Waals surface area (Å²) in [6, 6.07) is 20.1. The topological polar surface area (TPSA) is 92.7 Å². The zero-order valence-electron chi connectivity index (χ0n) is 16.1. The lowest BCUT2D eigenvalue weighted by Gasteiger charge is -2.10. The third-order valence-corrected chi connectivity index (χ3v) is 4.67. The van der Waals surface area contributed by atoms with Crippen LogP contribution in [0.3, 0.4) is 0 Å². The monoisotopic (exact) mass is 400 g/mol. The molecule has 150 valence electrons. The first-order valence-electron chi connectivity index (χ1n) is 9.55. The van der Waals surface area contributed by atoms with Gasteiger partial charge in [-0.15, -0.1) is 0 Å². The first-order valence-corrected chi connectivity index (χ1v) is 9.55. The number of aromatic nitrogens is 1. The normalized spacial score (nSPS) is 15.1. The van der Waals surface area contributed by atoms with Crippen molar-refractivity contribution in [3.8, 4) is 0 Å². The molecule has 7 heteroatoms. The second kappa shape index (κ2) is 9.00. The lowest BCUT2D eigenvalue weighted by atomic mass is 10.1. The van der Waals surface area contributed by atoms with Crippen LogP contribution in [0.25, 0.3) is 0 Å². The fourth-order valence-corrected chi connectivity index (χ4v) is 3.03. The van der Waals surface area contributed by atoms with E-state index in [-0.39, 0.29) is 11.8 Å². The Labute approximate surface area is 173 Å². The zero-order chi connectivity index (χ0) is 20.8. The number of nitrogens with one attached hydrogen (secondary N) is 2. The molecule has 0 spiro atoms. The van der Waals surface area contributed by atoms with Crippen LogP contribution in [-0.4, -0.2) is 28.6 Å². The predicted octanol–water partition coefficient (Wildman–Crippen LogP) is 3.14. The van der Waals surface area contributed by atoms with Gasteiger partial charge in [0.2, 0.25) is 6.10 Å². The maximum atomic E-state index is 12.5. The molecule has 2 aromatic carbocycles. The summed E-state index contributed by atoms with van der Waals surface area (Å²) in [7, 11) is 0. The van der Waals surface area contributed by atoms with E-state index in [9.17, 15) is 9.59 Å². The highest BCUT2D eigenvalue weighted by Crippen LogP contribution is 2.18. The SMILES string of the molecule is O=C(NCc1ccccc1)c1ccc(NC(=O)C2CC(c3cccnc3)=NO2)cc1. The molecule has 0 bridgehead atoms. The smallest absolute Gasteiger partial charge is 0.268 e.